The van der Waals surface area contributed by atoms with Gasteiger partial charge in [-0.2, -0.15) is 0 Å². The minimum atomic E-state index is -0.222. The van der Waals surface area contributed by atoms with Crippen molar-refractivity contribution in [1.82, 2.24) is 4.98 Å². The molecule has 0 fully saturated rings. The first-order valence-electron chi connectivity index (χ1n) is 7.90. The molecule has 3 aromatic rings. The molecule has 124 valence electrons. The molecule has 3 rings (SSSR count). The van der Waals surface area contributed by atoms with E-state index in [9.17, 15) is 4.39 Å². The monoisotopic (exact) mass is 357 g/mol. The van der Waals surface area contributed by atoms with Gasteiger partial charge in [-0.25, -0.2) is 9.37 Å². The minimum Gasteiger partial charge on any atom is -0.240 e. The predicted molar refractivity (Wildman–Crippen MR) is 101 cm³/mol. The zero-order valence-corrected chi connectivity index (χ0v) is 15.7. The van der Waals surface area contributed by atoms with Gasteiger partial charge in [0.2, 0.25) is 0 Å². The highest BCUT2D eigenvalue weighted by Crippen LogP contribution is 2.42. The van der Waals surface area contributed by atoms with E-state index >= 15 is 0 Å². The highest BCUT2D eigenvalue weighted by atomic mass is 32.2. The summed E-state index contributed by atoms with van der Waals surface area (Å²) in [6.07, 6.45) is 0.883. The van der Waals surface area contributed by atoms with E-state index in [1.165, 1.54) is 6.07 Å². The molecular weight excluding hydrogens is 337 g/mol. The quantitative estimate of drug-likeness (QED) is 0.516. The van der Waals surface area contributed by atoms with Crippen LogP contribution in [-0.2, 0) is 6.42 Å². The average molecular weight is 358 g/mol. The molecule has 0 atom stereocenters. The summed E-state index contributed by atoms with van der Waals surface area (Å²) in [5.41, 5.74) is 1.48. The van der Waals surface area contributed by atoms with Gasteiger partial charge in [0.1, 0.15) is 5.82 Å². The SMILES string of the molecule is CC(C)(C)Cc1nc(-c2ccccc2F)c(Sc2ccccc2)s1. The van der Waals surface area contributed by atoms with Crippen molar-refractivity contribution >= 4 is 23.1 Å². The highest BCUT2D eigenvalue weighted by molar-refractivity contribution is 8.01. The fraction of sp³-hybridized carbons (Fsp3) is 0.250. The van der Waals surface area contributed by atoms with Crippen LogP contribution in [0.4, 0.5) is 4.39 Å². The van der Waals surface area contributed by atoms with Crippen molar-refractivity contribution in [2.75, 3.05) is 0 Å². The van der Waals surface area contributed by atoms with Crippen LogP contribution in [0.25, 0.3) is 11.3 Å². The molecule has 1 heterocycles. The maximum Gasteiger partial charge on any atom is 0.132 e. The maximum absolute atomic E-state index is 14.3. The number of nitrogens with zero attached hydrogens (tertiary/aromatic N) is 1. The lowest BCUT2D eigenvalue weighted by molar-refractivity contribution is 0.410. The Morgan fingerprint density at radius 3 is 2.33 bits per heavy atom. The van der Waals surface area contributed by atoms with Crippen molar-refractivity contribution in [2.45, 2.75) is 36.3 Å². The summed E-state index contributed by atoms with van der Waals surface area (Å²) in [7, 11) is 0. The van der Waals surface area contributed by atoms with Crippen molar-refractivity contribution in [3.05, 3.63) is 65.4 Å². The molecule has 24 heavy (non-hydrogen) atoms. The Labute approximate surface area is 151 Å². The number of hydrogen-bond donors (Lipinski definition) is 0. The van der Waals surface area contributed by atoms with Crippen LogP contribution in [0.3, 0.4) is 0 Å². The molecule has 1 nitrogen and oxygen atoms in total. The van der Waals surface area contributed by atoms with Crippen LogP contribution in [0.2, 0.25) is 0 Å². The summed E-state index contributed by atoms with van der Waals surface area (Å²) < 4.78 is 15.3. The molecule has 0 saturated carbocycles. The van der Waals surface area contributed by atoms with Crippen LogP contribution in [0.5, 0.6) is 0 Å². The van der Waals surface area contributed by atoms with E-state index in [2.05, 4.69) is 32.9 Å². The number of benzene rings is 2. The van der Waals surface area contributed by atoms with Crippen molar-refractivity contribution in [3.63, 3.8) is 0 Å². The molecule has 0 amide bonds. The van der Waals surface area contributed by atoms with Gasteiger partial charge < -0.3 is 0 Å². The Balaban J connectivity index is 2.03. The number of aromatic nitrogens is 1. The molecule has 2 aromatic carbocycles. The minimum absolute atomic E-state index is 0.152. The lowest BCUT2D eigenvalue weighted by Gasteiger charge is -2.15. The van der Waals surface area contributed by atoms with Crippen molar-refractivity contribution in [3.8, 4) is 11.3 Å². The van der Waals surface area contributed by atoms with Crippen LogP contribution < -0.4 is 0 Å². The Morgan fingerprint density at radius 1 is 1.00 bits per heavy atom. The lowest BCUT2D eigenvalue weighted by Crippen LogP contribution is -2.08. The van der Waals surface area contributed by atoms with E-state index in [1.807, 2.05) is 24.3 Å². The molecule has 0 spiro atoms. The normalized spacial score (nSPS) is 11.7. The Kier molecular flexibility index (Phi) is 5.07. The zero-order chi connectivity index (χ0) is 17.2. The Morgan fingerprint density at radius 2 is 1.67 bits per heavy atom. The molecule has 0 aliphatic carbocycles. The van der Waals surface area contributed by atoms with Crippen molar-refractivity contribution in [2.24, 2.45) is 5.41 Å². The van der Waals surface area contributed by atoms with Gasteiger partial charge in [-0.05, 0) is 29.7 Å². The fourth-order valence-corrected chi connectivity index (χ4v) is 4.98. The van der Waals surface area contributed by atoms with Crippen LogP contribution >= 0.6 is 23.1 Å². The number of thiazole rings is 1. The van der Waals surface area contributed by atoms with Gasteiger partial charge in [0.15, 0.2) is 0 Å². The van der Waals surface area contributed by atoms with Gasteiger partial charge >= 0.3 is 0 Å². The molecule has 0 aliphatic rings. The summed E-state index contributed by atoms with van der Waals surface area (Å²) in [6.45, 7) is 6.59. The number of rotatable bonds is 4. The van der Waals surface area contributed by atoms with E-state index in [1.54, 1.807) is 35.2 Å². The van der Waals surface area contributed by atoms with Gasteiger partial charge in [0.05, 0.1) is 14.9 Å². The standard InChI is InChI=1S/C20H20FNS2/c1-20(2,3)13-17-22-18(15-11-7-8-12-16(15)21)19(24-17)23-14-9-5-4-6-10-14/h4-12H,13H2,1-3H3. The van der Waals surface area contributed by atoms with E-state index in [0.29, 0.717) is 5.56 Å². The third-order valence-corrected chi connectivity index (χ3v) is 5.64. The first-order chi connectivity index (χ1) is 11.4. The molecule has 4 heteroatoms. The van der Waals surface area contributed by atoms with Gasteiger partial charge in [0.25, 0.3) is 0 Å². The molecule has 0 radical (unpaired) electrons. The average Bonchev–Trinajstić information content (AvgIpc) is 2.89. The smallest absolute Gasteiger partial charge is 0.132 e. The molecular formula is C20H20FNS2. The summed E-state index contributed by atoms with van der Waals surface area (Å²) in [4.78, 5) is 5.92. The largest absolute Gasteiger partial charge is 0.240 e. The van der Waals surface area contributed by atoms with Gasteiger partial charge in [0, 0.05) is 16.9 Å². The van der Waals surface area contributed by atoms with Crippen molar-refractivity contribution < 1.29 is 4.39 Å². The summed E-state index contributed by atoms with van der Waals surface area (Å²) in [5, 5.41) is 1.05. The van der Waals surface area contributed by atoms with E-state index < -0.39 is 0 Å². The molecule has 0 N–H and O–H groups in total. The van der Waals surface area contributed by atoms with Crippen LogP contribution in [0.1, 0.15) is 25.8 Å². The zero-order valence-electron chi connectivity index (χ0n) is 14.0. The number of hydrogen-bond acceptors (Lipinski definition) is 3. The molecule has 0 saturated heterocycles. The summed E-state index contributed by atoms with van der Waals surface area (Å²) in [5.74, 6) is -0.222. The van der Waals surface area contributed by atoms with E-state index in [4.69, 9.17) is 4.98 Å². The fourth-order valence-electron chi connectivity index (χ4n) is 2.37. The lowest BCUT2D eigenvalue weighted by atomic mass is 9.93. The molecule has 0 bridgehead atoms. The summed E-state index contributed by atoms with van der Waals surface area (Å²) >= 11 is 3.32. The van der Waals surface area contributed by atoms with E-state index in [0.717, 1.165) is 26.2 Å². The Bertz CT molecular complexity index is 819. The van der Waals surface area contributed by atoms with E-state index in [-0.39, 0.29) is 11.2 Å². The van der Waals surface area contributed by atoms with Crippen LogP contribution in [0, 0.1) is 11.2 Å². The molecule has 0 aliphatic heterocycles. The number of halogens is 1. The van der Waals surface area contributed by atoms with Gasteiger partial charge in [-0.1, -0.05) is 62.9 Å². The second kappa shape index (κ2) is 7.08. The van der Waals surface area contributed by atoms with Crippen LogP contribution in [-0.4, -0.2) is 4.98 Å². The first kappa shape index (κ1) is 17.2. The van der Waals surface area contributed by atoms with Gasteiger partial charge in [-0.3, -0.25) is 0 Å². The molecule has 0 unspecified atom stereocenters. The molecule has 1 aromatic heterocycles. The third kappa shape index (κ3) is 4.25. The van der Waals surface area contributed by atoms with Crippen molar-refractivity contribution in [1.29, 1.82) is 0 Å². The van der Waals surface area contributed by atoms with Gasteiger partial charge in [-0.15, -0.1) is 11.3 Å². The highest BCUT2D eigenvalue weighted by Gasteiger charge is 2.20. The second-order valence-corrected chi connectivity index (χ2v) is 9.30. The predicted octanol–water partition coefficient (Wildman–Crippen LogP) is 6.69. The van der Waals surface area contributed by atoms with Crippen LogP contribution in [0.15, 0.2) is 63.7 Å². The second-order valence-electron chi connectivity index (χ2n) is 6.88. The first-order valence-corrected chi connectivity index (χ1v) is 9.53. The maximum atomic E-state index is 14.3. The Hall–Kier alpha value is -1.65. The topological polar surface area (TPSA) is 12.9 Å². The summed E-state index contributed by atoms with van der Waals surface area (Å²) in [6, 6.07) is 17.0. The third-order valence-electron chi connectivity index (χ3n) is 3.40.